The highest BCUT2D eigenvalue weighted by atomic mass is 16.7. The molecule has 3 rings (SSSR count). The minimum absolute atomic E-state index is 0.0305. The highest BCUT2D eigenvalue weighted by molar-refractivity contribution is 5.88. The van der Waals surface area contributed by atoms with Crippen LogP contribution in [0.5, 0.6) is 11.5 Å². The van der Waals surface area contributed by atoms with Crippen molar-refractivity contribution in [1.29, 1.82) is 0 Å². The summed E-state index contributed by atoms with van der Waals surface area (Å²) in [6.45, 7) is 8.65. The van der Waals surface area contributed by atoms with Crippen LogP contribution in [-0.2, 0) is 22.6 Å². The molecule has 0 spiro atoms. The Bertz CT molecular complexity index is 943. The summed E-state index contributed by atoms with van der Waals surface area (Å²) >= 11 is 0. The molecule has 0 saturated heterocycles. The van der Waals surface area contributed by atoms with Crippen molar-refractivity contribution in [2.24, 2.45) is 0 Å². The number of rotatable bonds is 10. The Balaban J connectivity index is 1.77. The van der Waals surface area contributed by atoms with Crippen molar-refractivity contribution >= 4 is 11.8 Å². The van der Waals surface area contributed by atoms with E-state index in [9.17, 15) is 9.59 Å². The number of fused-ring (bicyclic) bond motifs is 1. The van der Waals surface area contributed by atoms with Crippen molar-refractivity contribution in [1.82, 2.24) is 10.2 Å². The van der Waals surface area contributed by atoms with Crippen LogP contribution in [0.3, 0.4) is 0 Å². The van der Waals surface area contributed by atoms with Gasteiger partial charge in [0.05, 0.1) is 0 Å². The Morgan fingerprint density at radius 2 is 1.81 bits per heavy atom. The fourth-order valence-corrected chi connectivity index (χ4v) is 3.82. The van der Waals surface area contributed by atoms with Crippen molar-refractivity contribution in [3.05, 3.63) is 59.2 Å². The van der Waals surface area contributed by atoms with Crippen LogP contribution in [0.4, 0.5) is 0 Å². The molecule has 0 saturated carbocycles. The van der Waals surface area contributed by atoms with Gasteiger partial charge in [-0.05, 0) is 61.9 Å². The summed E-state index contributed by atoms with van der Waals surface area (Å²) in [4.78, 5) is 28.2. The largest absolute Gasteiger partial charge is 0.454 e. The number of nitrogens with one attached hydrogen (secondary N) is 1. The van der Waals surface area contributed by atoms with Crippen LogP contribution < -0.4 is 14.8 Å². The molecule has 1 N–H and O–H groups in total. The third-order valence-electron chi connectivity index (χ3n) is 6.05. The van der Waals surface area contributed by atoms with E-state index < -0.39 is 6.04 Å². The van der Waals surface area contributed by atoms with E-state index in [1.54, 1.807) is 4.90 Å². The number of ether oxygens (including phenoxy) is 2. The molecule has 0 unspecified atom stereocenters. The average Bonchev–Trinajstić information content (AvgIpc) is 3.26. The first-order chi connectivity index (χ1) is 15.4. The van der Waals surface area contributed by atoms with Crippen molar-refractivity contribution in [3.63, 3.8) is 0 Å². The number of hydrogen-bond donors (Lipinski definition) is 1. The maximum atomic E-state index is 13.4. The summed E-state index contributed by atoms with van der Waals surface area (Å²) < 4.78 is 10.8. The fraction of sp³-hybridized carbons (Fsp3) is 0.462. The second-order valence-corrected chi connectivity index (χ2v) is 8.38. The molecule has 0 aromatic heterocycles. The molecule has 0 aliphatic carbocycles. The Labute approximate surface area is 190 Å². The summed E-state index contributed by atoms with van der Waals surface area (Å²) in [6, 6.07) is 13.3. The van der Waals surface area contributed by atoms with E-state index in [1.165, 1.54) is 0 Å². The van der Waals surface area contributed by atoms with E-state index in [1.807, 2.05) is 70.2 Å². The van der Waals surface area contributed by atoms with Crippen molar-refractivity contribution in [2.75, 3.05) is 6.79 Å². The van der Waals surface area contributed by atoms with Crippen LogP contribution in [0.15, 0.2) is 42.5 Å². The molecule has 2 atom stereocenters. The lowest BCUT2D eigenvalue weighted by molar-refractivity contribution is -0.141. The minimum Gasteiger partial charge on any atom is -0.454 e. The lowest BCUT2D eigenvalue weighted by atomic mass is 10.0. The number of nitrogens with zero attached hydrogens (tertiary/aromatic N) is 1. The molecule has 2 aromatic carbocycles. The second-order valence-electron chi connectivity index (χ2n) is 8.38. The molecule has 1 aliphatic heterocycles. The van der Waals surface area contributed by atoms with Gasteiger partial charge in [0, 0.05) is 19.0 Å². The molecule has 0 bridgehead atoms. The highest BCUT2D eigenvalue weighted by Crippen LogP contribution is 2.32. The smallest absolute Gasteiger partial charge is 0.243 e. The third kappa shape index (κ3) is 5.81. The number of aryl methyl sites for hydroxylation is 2. The average molecular weight is 439 g/mol. The van der Waals surface area contributed by atoms with Crippen LogP contribution in [0.1, 0.15) is 56.7 Å². The minimum atomic E-state index is -0.507. The van der Waals surface area contributed by atoms with E-state index in [4.69, 9.17) is 9.47 Å². The Morgan fingerprint density at radius 1 is 1.06 bits per heavy atom. The Kier molecular flexibility index (Phi) is 8.14. The predicted molar refractivity (Wildman–Crippen MR) is 125 cm³/mol. The zero-order valence-electron chi connectivity index (χ0n) is 19.5. The van der Waals surface area contributed by atoms with Gasteiger partial charge in [-0.1, -0.05) is 44.2 Å². The molecular weight excluding hydrogens is 404 g/mol. The molecular formula is C26H34N2O4. The molecule has 172 valence electrons. The zero-order valence-corrected chi connectivity index (χ0v) is 19.5. The maximum absolute atomic E-state index is 13.4. The van der Waals surface area contributed by atoms with Gasteiger partial charge in [0.25, 0.3) is 0 Å². The maximum Gasteiger partial charge on any atom is 0.243 e. The van der Waals surface area contributed by atoms with Gasteiger partial charge >= 0.3 is 0 Å². The van der Waals surface area contributed by atoms with Gasteiger partial charge in [0.1, 0.15) is 6.04 Å². The van der Waals surface area contributed by atoms with Crippen molar-refractivity contribution in [2.45, 2.75) is 72.0 Å². The summed E-state index contributed by atoms with van der Waals surface area (Å²) in [5.41, 5.74) is 3.17. The fourth-order valence-electron chi connectivity index (χ4n) is 3.82. The zero-order chi connectivity index (χ0) is 23.1. The summed E-state index contributed by atoms with van der Waals surface area (Å²) in [6.07, 6.45) is 2.30. The van der Waals surface area contributed by atoms with Crippen LogP contribution in [0.25, 0.3) is 0 Å². The Morgan fingerprint density at radius 3 is 2.53 bits per heavy atom. The molecule has 1 heterocycles. The first-order valence-electron chi connectivity index (χ1n) is 11.5. The Hall–Kier alpha value is -3.02. The van der Waals surface area contributed by atoms with Gasteiger partial charge in [-0.2, -0.15) is 0 Å². The van der Waals surface area contributed by atoms with Gasteiger partial charge in [-0.15, -0.1) is 0 Å². The molecule has 0 fully saturated rings. The molecule has 2 amide bonds. The molecule has 0 radical (unpaired) electrons. The molecule has 32 heavy (non-hydrogen) atoms. The topological polar surface area (TPSA) is 67.9 Å². The van der Waals surface area contributed by atoms with E-state index in [2.05, 4.69) is 5.32 Å². The normalized spacial score (nSPS) is 14.0. The van der Waals surface area contributed by atoms with Gasteiger partial charge in [0.15, 0.2) is 11.5 Å². The number of benzene rings is 2. The summed E-state index contributed by atoms with van der Waals surface area (Å²) in [7, 11) is 0. The van der Waals surface area contributed by atoms with Gasteiger partial charge in [0.2, 0.25) is 18.6 Å². The van der Waals surface area contributed by atoms with E-state index >= 15 is 0 Å². The van der Waals surface area contributed by atoms with E-state index in [0.29, 0.717) is 31.6 Å². The first-order valence-corrected chi connectivity index (χ1v) is 11.5. The van der Waals surface area contributed by atoms with Crippen molar-refractivity contribution < 1.29 is 19.1 Å². The van der Waals surface area contributed by atoms with Crippen LogP contribution in [0, 0.1) is 6.92 Å². The van der Waals surface area contributed by atoms with Gasteiger partial charge in [-0.25, -0.2) is 0 Å². The molecule has 6 nitrogen and oxygen atoms in total. The van der Waals surface area contributed by atoms with Crippen LogP contribution in [0.2, 0.25) is 0 Å². The number of carbonyl (C=O) groups is 2. The van der Waals surface area contributed by atoms with Crippen molar-refractivity contribution in [3.8, 4) is 11.5 Å². The van der Waals surface area contributed by atoms with Crippen LogP contribution >= 0.6 is 0 Å². The summed E-state index contributed by atoms with van der Waals surface area (Å²) in [5.74, 6) is 1.32. The molecule has 1 aliphatic rings. The number of carbonyl (C=O) groups excluding carboxylic acids is 2. The monoisotopic (exact) mass is 438 g/mol. The van der Waals surface area contributed by atoms with E-state index in [0.717, 1.165) is 28.9 Å². The van der Waals surface area contributed by atoms with Gasteiger partial charge in [-0.3, -0.25) is 9.59 Å². The standard InChI is InChI=1S/C26H34N2O4/c1-5-19(4)27-26(30)22(6-2)28(16-21-10-8-7-9-18(21)3)25(29)14-12-20-11-13-23-24(15-20)32-17-31-23/h7-11,13,15,19,22H,5-6,12,14,16-17H2,1-4H3,(H,27,30)/t19-,22+/m1/s1. The number of hydrogen-bond acceptors (Lipinski definition) is 4. The second kappa shape index (κ2) is 11.0. The highest BCUT2D eigenvalue weighted by Gasteiger charge is 2.29. The third-order valence-corrected chi connectivity index (χ3v) is 6.05. The first kappa shape index (κ1) is 23.6. The van der Waals surface area contributed by atoms with E-state index in [-0.39, 0.29) is 24.6 Å². The lowest BCUT2D eigenvalue weighted by Gasteiger charge is -2.32. The van der Waals surface area contributed by atoms with Gasteiger partial charge < -0.3 is 19.7 Å². The molecule has 2 aromatic rings. The van der Waals surface area contributed by atoms with Crippen LogP contribution in [-0.4, -0.2) is 35.6 Å². The molecule has 6 heteroatoms. The summed E-state index contributed by atoms with van der Waals surface area (Å²) in [5, 5.41) is 3.06. The predicted octanol–water partition coefficient (Wildman–Crippen LogP) is 4.38. The number of amides is 2. The quantitative estimate of drug-likeness (QED) is 0.598. The SMILES string of the molecule is CC[C@@H](C)NC(=O)[C@H](CC)N(Cc1ccccc1C)C(=O)CCc1ccc2c(c1)OCO2. The lowest BCUT2D eigenvalue weighted by Crippen LogP contribution is -2.50.